The number of carbonyl (C=O) groups is 1. The first-order valence-corrected chi connectivity index (χ1v) is 4.80. The number of nitrogens with one attached hydrogen (secondary N) is 1. The Morgan fingerprint density at radius 2 is 2.00 bits per heavy atom. The van der Waals surface area contributed by atoms with Gasteiger partial charge in [-0.15, -0.1) is 0 Å². The molecular formula is C10H13N3OS. The molecule has 1 amide bonds. The van der Waals surface area contributed by atoms with E-state index in [0.29, 0.717) is 11.3 Å². The Kier molecular flexibility index (Phi) is 3.62. The molecule has 5 heteroatoms. The number of nitrogens with zero attached hydrogens (tertiary/aromatic N) is 1. The van der Waals surface area contributed by atoms with Gasteiger partial charge < -0.3 is 16.0 Å². The van der Waals surface area contributed by atoms with Gasteiger partial charge in [-0.05, 0) is 24.4 Å². The Morgan fingerprint density at radius 3 is 2.53 bits per heavy atom. The van der Waals surface area contributed by atoms with Crippen LogP contribution in [0.25, 0.3) is 0 Å². The van der Waals surface area contributed by atoms with Gasteiger partial charge in [-0.3, -0.25) is 4.79 Å². The van der Waals surface area contributed by atoms with Crippen LogP contribution >= 0.6 is 12.2 Å². The molecule has 1 aromatic carbocycles. The van der Waals surface area contributed by atoms with Crippen LogP contribution in [0, 0.1) is 0 Å². The highest BCUT2D eigenvalue weighted by Gasteiger charge is 2.12. The average molecular weight is 223 g/mol. The number of benzene rings is 1. The lowest BCUT2D eigenvalue weighted by atomic mass is 10.1. The first-order valence-electron chi connectivity index (χ1n) is 4.39. The van der Waals surface area contributed by atoms with E-state index in [9.17, 15) is 4.79 Å². The fourth-order valence-electron chi connectivity index (χ4n) is 1.15. The highest BCUT2D eigenvalue weighted by atomic mass is 32.1. The van der Waals surface area contributed by atoms with Crippen LogP contribution in [-0.4, -0.2) is 30.0 Å². The second-order valence-corrected chi connectivity index (χ2v) is 3.67. The van der Waals surface area contributed by atoms with E-state index < -0.39 is 0 Å². The van der Waals surface area contributed by atoms with Crippen LogP contribution in [-0.2, 0) is 0 Å². The smallest absolute Gasteiger partial charge is 0.255 e. The zero-order valence-corrected chi connectivity index (χ0v) is 9.47. The summed E-state index contributed by atoms with van der Waals surface area (Å²) >= 11 is 4.73. The van der Waals surface area contributed by atoms with Crippen molar-refractivity contribution in [2.45, 2.75) is 0 Å². The predicted octanol–water partition coefficient (Wildman–Crippen LogP) is 1.04. The minimum atomic E-state index is -0.0886. The normalized spacial score (nSPS) is 9.47. The standard InChI is InChI=1S/C10H13N3OS/c1-13(2)9(14)7-5-3-4-6-8(7)12-10(11)15/h3-6H,1-2H3,(H3,11,12,15). The Labute approximate surface area is 94.1 Å². The van der Waals surface area contributed by atoms with Crippen LogP contribution in [0.15, 0.2) is 24.3 Å². The van der Waals surface area contributed by atoms with Gasteiger partial charge in [-0.1, -0.05) is 12.1 Å². The van der Waals surface area contributed by atoms with E-state index in [4.69, 9.17) is 18.0 Å². The summed E-state index contributed by atoms with van der Waals surface area (Å²) in [6, 6.07) is 7.09. The quantitative estimate of drug-likeness (QED) is 0.736. The summed E-state index contributed by atoms with van der Waals surface area (Å²) in [4.78, 5) is 13.2. The molecule has 15 heavy (non-hydrogen) atoms. The summed E-state index contributed by atoms with van der Waals surface area (Å²) in [6.07, 6.45) is 0. The van der Waals surface area contributed by atoms with Crippen molar-refractivity contribution in [3.63, 3.8) is 0 Å². The van der Waals surface area contributed by atoms with Gasteiger partial charge >= 0.3 is 0 Å². The van der Waals surface area contributed by atoms with E-state index in [-0.39, 0.29) is 11.0 Å². The maximum absolute atomic E-state index is 11.7. The average Bonchev–Trinajstić information content (AvgIpc) is 2.16. The van der Waals surface area contributed by atoms with Crippen molar-refractivity contribution in [2.24, 2.45) is 5.73 Å². The SMILES string of the molecule is CN(C)C(=O)c1ccccc1NC(N)=S. The number of amides is 1. The minimum absolute atomic E-state index is 0.0886. The zero-order valence-electron chi connectivity index (χ0n) is 8.65. The molecule has 0 spiro atoms. The molecular weight excluding hydrogens is 210 g/mol. The fourth-order valence-corrected chi connectivity index (χ4v) is 1.26. The van der Waals surface area contributed by atoms with Crippen LogP contribution < -0.4 is 11.1 Å². The van der Waals surface area contributed by atoms with Gasteiger partial charge in [0.1, 0.15) is 0 Å². The van der Waals surface area contributed by atoms with Crippen LogP contribution in [0.4, 0.5) is 5.69 Å². The first-order chi connectivity index (χ1) is 7.02. The van der Waals surface area contributed by atoms with Gasteiger partial charge in [-0.25, -0.2) is 0 Å². The molecule has 0 fully saturated rings. The zero-order chi connectivity index (χ0) is 11.4. The van der Waals surface area contributed by atoms with Crippen molar-refractivity contribution in [3.8, 4) is 0 Å². The van der Waals surface area contributed by atoms with Gasteiger partial charge in [0.25, 0.3) is 5.91 Å². The summed E-state index contributed by atoms with van der Waals surface area (Å²) in [5.74, 6) is -0.0886. The molecule has 0 saturated carbocycles. The van der Waals surface area contributed by atoms with E-state index in [1.54, 1.807) is 32.3 Å². The van der Waals surface area contributed by atoms with Crippen LogP contribution in [0.1, 0.15) is 10.4 Å². The highest BCUT2D eigenvalue weighted by molar-refractivity contribution is 7.80. The summed E-state index contributed by atoms with van der Waals surface area (Å²) in [5.41, 5.74) is 6.54. The Morgan fingerprint density at radius 1 is 1.40 bits per heavy atom. The molecule has 0 aliphatic carbocycles. The maximum Gasteiger partial charge on any atom is 0.255 e. The van der Waals surface area contributed by atoms with Crippen molar-refractivity contribution in [1.29, 1.82) is 0 Å². The van der Waals surface area contributed by atoms with Crippen molar-refractivity contribution >= 4 is 28.9 Å². The molecule has 4 nitrogen and oxygen atoms in total. The number of carbonyl (C=O) groups excluding carboxylic acids is 1. The second-order valence-electron chi connectivity index (χ2n) is 3.23. The number of thiocarbonyl (C=S) groups is 1. The summed E-state index contributed by atoms with van der Waals surface area (Å²) < 4.78 is 0. The maximum atomic E-state index is 11.7. The summed E-state index contributed by atoms with van der Waals surface area (Å²) in [7, 11) is 3.39. The summed E-state index contributed by atoms with van der Waals surface area (Å²) in [5, 5.41) is 2.92. The van der Waals surface area contributed by atoms with Gasteiger partial charge in [0.15, 0.2) is 5.11 Å². The van der Waals surface area contributed by atoms with Crippen LogP contribution in [0.2, 0.25) is 0 Å². The molecule has 0 atom stereocenters. The van der Waals surface area contributed by atoms with Crippen molar-refractivity contribution in [3.05, 3.63) is 29.8 Å². The van der Waals surface area contributed by atoms with Crippen LogP contribution in [0.5, 0.6) is 0 Å². The predicted molar refractivity (Wildman–Crippen MR) is 64.9 cm³/mol. The topological polar surface area (TPSA) is 58.4 Å². The third kappa shape index (κ3) is 2.92. The molecule has 1 rings (SSSR count). The second kappa shape index (κ2) is 4.75. The largest absolute Gasteiger partial charge is 0.376 e. The van der Waals surface area contributed by atoms with E-state index in [2.05, 4.69) is 5.32 Å². The number of hydrogen-bond acceptors (Lipinski definition) is 2. The van der Waals surface area contributed by atoms with Crippen molar-refractivity contribution in [1.82, 2.24) is 4.90 Å². The van der Waals surface area contributed by atoms with E-state index in [0.717, 1.165) is 0 Å². The highest BCUT2D eigenvalue weighted by Crippen LogP contribution is 2.15. The van der Waals surface area contributed by atoms with Gasteiger partial charge in [0, 0.05) is 14.1 Å². The van der Waals surface area contributed by atoms with E-state index in [1.165, 1.54) is 4.90 Å². The lowest BCUT2D eigenvalue weighted by molar-refractivity contribution is 0.0828. The number of para-hydroxylation sites is 1. The molecule has 3 N–H and O–H groups in total. The number of nitrogens with two attached hydrogens (primary N) is 1. The molecule has 0 saturated heterocycles. The van der Waals surface area contributed by atoms with Crippen molar-refractivity contribution < 1.29 is 4.79 Å². The molecule has 0 radical (unpaired) electrons. The fraction of sp³-hybridized carbons (Fsp3) is 0.200. The lowest BCUT2D eigenvalue weighted by Crippen LogP contribution is -2.25. The number of anilines is 1. The van der Waals surface area contributed by atoms with Crippen LogP contribution in [0.3, 0.4) is 0 Å². The minimum Gasteiger partial charge on any atom is -0.376 e. The number of rotatable bonds is 2. The Bertz CT molecular complexity index is 390. The molecule has 0 aliphatic heterocycles. The Hall–Kier alpha value is -1.62. The van der Waals surface area contributed by atoms with Crippen molar-refractivity contribution in [2.75, 3.05) is 19.4 Å². The molecule has 0 unspecified atom stereocenters. The van der Waals surface area contributed by atoms with Gasteiger partial charge in [0.2, 0.25) is 0 Å². The molecule has 0 bridgehead atoms. The molecule has 0 aromatic heterocycles. The molecule has 0 heterocycles. The molecule has 80 valence electrons. The first kappa shape index (κ1) is 11.5. The van der Waals surface area contributed by atoms with E-state index in [1.807, 2.05) is 6.07 Å². The molecule has 1 aromatic rings. The molecule has 0 aliphatic rings. The third-order valence-corrected chi connectivity index (χ3v) is 1.92. The van der Waals surface area contributed by atoms with Gasteiger partial charge in [-0.2, -0.15) is 0 Å². The third-order valence-electron chi connectivity index (χ3n) is 1.82. The lowest BCUT2D eigenvalue weighted by Gasteiger charge is -2.14. The monoisotopic (exact) mass is 223 g/mol. The van der Waals surface area contributed by atoms with Gasteiger partial charge in [0.05, 0.1) is 11.3 Å². The van der Waals surface area contributed by atoms with E-state index >= 15 is 0 Å². The number of hydrogen-bond donors (Lipinski definition) is 2. The summed E-state index contributed by atoms with van der Waals surface area (Å²) in [6.45, 7) is 0. The Balaban J connectivity index is 3.06.